The highest BCUT2D eigenvalue weighted by atomic mass is 35.5. The summed E-state index contributed by atoms with van der Waals surface area (Å²) in [7, 11) is 0. The van der Waals surface area contributed by atoms with Gasteiger partial charge < -0.3 is 10.4 Å². The topological polar surface area (TPSA) is 32.3 Å². The van der Waals surface area contributed by atoms with Crippen LogP contribution in [0, 0.1) is 11.7 Å². The first-order valence-corrected chi connectivity index (χ1v) is 7.24. The van der Waals surface area contributed by atoms with Gasteiger partial charge in [-0.05, 0) is 30.4 Å². The zero-order valence-corrected chi connectivity index (χ0v) is 12.0. The SMILES string of the molecule is CC1CCCC(O)(CNCc2cccc(F)c2Cl)C1. The Hall–Kier alpha value is -0.640. The third-order valence-electron chi connectivity index (χ3n) is 3.87. The first-order valence-electron chi connectivity index (χ1n) is 6.86. The fourth-order valence-electron chi connectivity index (χ4n) is 2.91. The fourth-order valence-corrected chi connectivity index (χ4v) is 3.10. The second kappa shape index (κ2) is 6.21. The number of rotatable bonds is 4. The third kappa shape index (κ3) is 3.91. The molecule has 0 bridgehead atoms. The number of nitrogens with one attached hydrogen (secondary N) is 1. The quantitative estimate of drug-likeness (QED) is 0.887. The molecule has 1 aliphatic carbocycles. The zero-order chi connectivity index (χ0) is 13.9. The van der Waals surface area contributed by atoms with Gasteiger partial charge in [0.2, 0.25) is 0 Å². The van der Waals surface area contributed by atoms with Crippen LogP contribution in [0.4, 0.5) is 4.39 Å². The minimum Gasteiger partial charge on any atom is -0.389 e. The van der Waals surface area contributed by atoms with Gasteiger partial charge in [-0.3, -0.25) is 0 Å². The number of hydrogen-bond acceptors (Lipinski definition) is 2. The average molecular weight is 286 g/mol. The maximum Gasteiger partial charge on any atom is 0.142 e. The van der Waals surface area contributed by atoms with Crippen LogP contribution in [0.2, 0.25) is 5.02 Å². The maximum absolute atomic E-state index is 13.3. The molecule has 1 aromatic rings. The molecule has 0 amide bonds. The molecule has 0 aromatic heterocycles. The minimum absolute atomic E-state index is 0.166. The summed E-state index contributed by atoms with van der Waals surface area (Å²) in [4.78, 5) is 0. The van der Waals surface area contributed by atoms with Crippen molar-refractivity contribution in [3.05, 3.63) is 34.6 Å². The third-order valence-corrected chi connectivity index (χ3v) is 4.29. The molecule has 2 N–H and O–H groups in total. The number of hydrogen-bond donors (Lipinski definition) is 2. The lowest BCUT2D eigenvalue weighted by atomic mass is 9.79. The summed E-state index contributed by atoms with van der Waals surface area (Å²) in [6.45, 7) is 3.19. The molecule has 19 heavy (non-hydrogen) atoms. The van der Waals surface area contributed by atoms with Crippen molar-refractivity contribution in [2.45, 2.75) is 44.8 Å². The van der Waals surface area contributed by atoms with E-state index in [1.54, 1.807) is 12.1 Å². The predicted octanol–water partition coefficient (Wildman–Crippen LogP) is 3.51. The molecule has 1 aromatic carbocycles. The molecule has 0 saturated heterocycles. The summed E-state index contributed by atoms with van der Waals surface area (Å²) in [6.07, 6.45) is 3.93. The van der Waals surface area contributed by atoms with Crippen LogP contribution in [0.25, 0.3) is 0 Å². The van der Waals surface area contributed by atoms with Gasteiger partial charge in [0.25, 0.3) is 0 Å². The number of benzene rings is 1. The van der Waals surface area contributed by atoms with E-state index in [0.29, 0.717) is 19.0 Å². The highest BCUT2D eigenvalue weighted by Crippen LogP contribution is 2.31. The first-order chi connectivity index (χ1) is 9.00. The van der Waals surface area contributed by atoms with Crippen molar-refractivity contribution < 1.29 is 9.50 Å². The van der Waals surface area contributed by atoms with E-state index in [-0.39, 0.29) is 5.02 Å². The van der Waals surface area contributed by atoms with Gasteiger partial charge in [-0.2, -0.15) is 0 Å². The van der Waals surface area contributed by atoms with Crippen LogP contribution in [0.3, 0.4) is 0 Å². The molecular weight excluding hydrogens is 265 g/mol. The molecule has 0 heterocycles. The lowest BCUT2D eigenvalue weighted by Crippen LogP contribution is -2.43. The Morgan fingerprint density at radius 1 is 1.53 bits per heavy atom. The predicted molar refractivity (Wildman–Crippen MR) is 75.7 cm³/mol. The van der Waals surface area contributed by atoms with Crippen LogP contribution < -0.4 is 5.32 Å². The first kappa shape index (κ1) is 14.8. The molecule has 106 valence electrons. The van der Waals surface area contributed by atoms with Crippen molar-refractivity contribution in [1.82, 2.24) is 5.32 Å². The Morgan fingerprint density at radius 3 is 3.05 bits per heavy atom. The number of aliphatic hydroxyl groups is 1. The summed E-state index contributed by atoms with van der Waals surface area (Å²) < 4.78 is 13.3. The molecule has 4 heteroatoms. The van der Waals surface area contributed by atoms with E-state index < -0.39 is 11.4 Å². The molecule has 2 nitrogen and oxygen atoms in total. The summed E-state index contributed by atoms with van der Waals surface area (Å²) >= 11 is 5.90. The van der Waals surface area contributed by atoms with Gasteiger partial charge in [0.05, 0.1) is 10.6 Å². The monoisotopic (exact) mass is 285 g/mol. The normalized spacial score (nSPS) is 27.5. The van der Waals surface area contributed by atoms with E-state index in [1.807, 2.05) is 0 Å². The Morgan fingerprint density at radius 2 is 2.32 bits per heavy atom. The molecule has 1 aliphatic rings. The van der Waals surface area contributed by atoms with Crippen molar-refractivity contribution in [2.75, 3.05) is 6.54 Å². The van der Waals surface area contributed by atoms with Gasteiger partial charge in [0.15, 0.2) is 0 Å². The van der Waals surface area contributed by atoms with Crippen molar-refractivity contribution in [1.29, 1.82) is 0 Å². The molecule has 2 rings (SSSR count). The van der Waals surface area contributed by atoms with Crippen molar-refractivity contribution in [2.24, 2.45) is 5.92 Å². The average Bonchev–Trinajstić information content (AvgIpc) is 2.34. The minimum atomic E-state index is -0.628. The Balaban J connectivity index is 1.87. The van der Waals surface area contributed by atoms with Crippen LogP contribution in [0.5, 0.6) is 0 Å². The Labute approximate surface area is 119 Å². The maximum atomic E-state index is 13.3. The molecule has 2 atom stereocenters. The lowest BCUT2D eigenvalue weighted by molar-refractivity contribution is -0.0119. The summed E-state index contributed by atoms with van der Waals surface area (Å²) in [5.41, 5.74) is 0.103. The van der Waals surface area contributed by atoms with E-state index >= 15 is 0 Å². The second-order valence-corrected chi connectivity index (χ2v) is 6.12. The second-order valence-electron chi connectivity index (χ2n) is 5.74. The van der Waals surface area contributed by atoms with E-state index in [0.717, 1.165) is 24.8 Å². The molecule has 0 spiro atoms. The fraction of sp³-hybridized carbons (Fsp3) is 0.600. The van der Waals surface area contributed by atoms with E-state index in [2.05, 4.69) is 12.2 Å². The van der Waals surface area contributed by atoms with Crippen molar-refractivity contribution in [3.63, 3.8) is 0 Å². The van der Waals surface area contributed by atoms with Gasteiger partial charge in [0, 0.05) is 13.1 Å². The summed E-state index contributed by atoms with van der Waals surface area (Å²) in [6, 6.07) is 4.80. The molecule has 0 radical (unpaired) electrons. The summed E-state index contributed by atoms with van der Waals surface area (Å²) in [5, 5.41) is 13.8. The van der Waals surface area contributed by atoms with Gasteiger partial charge in [0.1, 0.15) is 5.82 Å². The van der Waals surface area contributed by atoms with E-state index in [9.17, 15) is 9.50 Å². The summed E-state index contributed by atoms with van der Waals surface area (Å²) in [5.74, 6) is 0.171. The molecule has 1 fully saturated rings. The van der Waals surface area contributed by atoms with Crippen molar-refractivity contribution in [3.8, 4) is 0 Å². The van der Waals surface area contributed by atoms with Crippen molar-refractivity contribution >= 4 is 11.6 Å². The smallest absolute Gasteiger partial charge is 0.142 e. The number of halogens is 2. The van der Waals surface area contributed by atoms with Gasteiger partial charge in [-0.1, -0.05) is 43.5 Å². The highest BCUT2D eigenvalue weighted by molar-refractivity contribution is 6.31. The Bertz CT molecular complexity index is 440. The van der Waals surface area contributed by atoms with Crippen LogP contribution in [-0.4, -0.2) is 17.3 Å². The highest BCUT2D eigenvalue weighted by Gasteiger charge is 2.32. The van der Waals surface area contributed by atoms with Gasteiger partial charge in [-0.15, -0.1) is 0 Å². The zero-order valence-electron chi connectivity index (χ0n) is 11.3. The lowest BCUT2D eigenvalue weighted by Gasteiger charge is -2.35. The molecule has 2 unspecified atom stereocenters. The van der Waals surface area contributed by atoms with E-state index in [1.165, 1.54) is 12.5 Å². The van der Waals surface area contributed by atoms with Gasteiger partial charge in [-0.25, -0.2) is 4.39 Å². The van der Waals surface area contributed by atoms with Crippen LogP contribution >= 0.6 is 11.6 Å². The van der Waals surface area contributed by atoms with Gasteiger partial charge >= 0.3 is 0 Å². The van der Waals surface area contributed by atoms with Crippen LogP contribution in [-0.2, 0) is 6.54 Å². The largest absolute Gasteiger partial charge is 0.389 e. The molecular formula is C15H21ClFNO. The Kier molecular flexibility index (Phi) is 4.82. The van der Waals surface area contributed by atoms with E-state index in [4.69, 9.17) is 11.6 Å². The molecule has 1 saturated carbocycles. The van der Waals surface area contributed by atoms with Crippen LogP contribution in [0.1, 0.15) is 38.2 Å². The molecule has 0 aliphatic heterocycles. The van der Waals surface area contributed by atoms with Crippen LogP contribution in [0.15, 0.2) is 18.2 Å². The standard InChI is InChI=1S/C15H21ClFNO/c1-11-4-3-7-15(19,8-11)10-18-9-12-5-2-6-13(17)14(12)16/h2,5-6,11,18-19H,3-4,7-10H2,1H3.